The van der Waals surface area contributed by atoms with Crippen LogP contribution in [0.5, 0.6) is 0 Å². The molecule has 0 aromatic rings. The lowest BCUT2D eigenvalue weighted by Crippen LogP contribution is -2.31. The predicted octanol–water partition coefficient (Wildman–Crippen LogP) is 1.00. The summed E-state index contributed by atoms with van der Waals surface area (Å²) in [5.41, 5.74) is -3.79. The van der Waals surface area contributed by atoms with Gasteiger partial charge in [0.1, 0.15) is 0 Å². The number of halogens is 3. The summed E-state index contributed by atoms with van der Waals surface area (Å²) in [6, 6.07) is 0. The van der Waals surface area contributed by atoms with E-state index in [0.717, 1.165) is 0 Å². The molecule has 0 amide bonds. The molecule has 6 nitrogen and oxygen atoms in total. The molecule has 17 heavy (non-hydrogen) atoms. The van der Waals surface area contributed by atoms with Crippen LogP contribution in [0, 0.1) is 0 Å². The summed E-state index contributed by atoms with van der Waals surface area (Å²) in [6.45, 7) is -0.116. The van der Waals surface area contributed by atoms with Crippen LogP contribution in [0.3, 0.4) is 0 Å². The topological polar surface area (TPSA) is 92.7 Å². The fourth-order valence-corrected chi connectivity index (χ4v) is 1.15. The van der Waals surface area contributed by atoms with Crippen LogP contribution in [-0.2, 0) is 19.2 Å². The molecule has 0 unspecified atom stereocenters. The lowest BCUT2D eigenvalue weighted by Gasteiger charge is -2.08. The van der Waals surface area contributed by atoms with Gasteiger partial charge in [0.2, 0.25) is 0 Å². The molecule has 0 spiro atoms. The fraction of sp³-hybridized carbons (Fsp3) is 0.857. The Morgan fingerprint density at radius 1 is 1.24 bits per heavy atom. The molecule has 0 bridgehead atoms. The van der Waals surface area contributed by atoms with Crippen LogP contribution in [0.25, 0.3) is 0 Å². The molecule has 0 aliphatic heterocycles. The Morgan fingerprint density at radius 3 is 2.29 bits per heavy atom. The Hall–Kier alpha value is -0.870. The number of unbranched alkanes of at least 4 members (excludes halogenated alkanes) is 2. The van der Waals surface area contributed by atoms with Gasteiger partial charge in [0.05, 0.1) is 0 Å². The zero-order chi connectivity index (χ0) is 13.5. The smallest absolute Gasteiger partial charge is 0.481 e. The van der Waals surface area contributed by atoms with E-state index in [-0.39, 0.29) is 13.0 Å². The molecule has 0 saturated carbocycles. The van der Waals surface area contributed by atoms with Crippen molar-refractivity contribution in [2.24, 2.45) is 0 Å². The number of carboxylic acids is 1. The van der Waals surface area contributed by atoms with Crippen LogP contribution in [0.4, 0.5) is 13.2 Å². The van der Waals surface area contributed by atoms with Crippen molar-refractivity contribution in [1.29, 1.82) is 0 Å². The van der Waals surface area contributed by atoms with E-state index in [0.29, 0.717) is 19.3 Å². The van der Waals surface area contributed by atoms with Crippen molar-refractivity contribution in [2.75, 3.05) is 6.54 Å². The van der Waals surface area contributed by atoms with Crippen LogP contribution < -0.4 is 5.48 Å². The van der Waals surface area contributed by atoms with Crippen molar-refractivity contribution >= 4 is 16.1 Å². The third kappa shape index (κ3) is 7.13. The maximum Gasteiger partial charge on any atom is 0.524 e. The van der Waals surface area contributed by atoms with E-state index in [1.54, 1.807) is 5.48 Å². The Balaban J connectivity index is 3.63. The summed E-state index contributed by atoms with van der Waals surface area (Å²) in [5, 5.41) is 8.27. The summed E-state index contributed by atoms with van der Waals surface area (Å²) < 4.78 is 59.4. The minimum atomic E-state index is -5.61. The van der Waals surface area contributed by atoms with Crippen LogP contribution in [0.15, 0.2) is 0 Å². The number of hydroxylamine groups is 1. The maximum atomic E-state index is 11.7. The van der Waals surface area contributed by atoms with E-state index in [4.69, 9.17) is 5.11 Å². The fourth-order valence-electron chi connectivity index (χ4n) is 0.817. The summed E-state index contributed by atoms with van der Waals surface area (Å²) in [6.07, 6.45) is 1.07. The lowest BCUT2D eigenvalue weighted by atomic mass is 10.2. The number of aliphatic carboxylic acids is 1. The predicted molar refractivity (Wildman–Crippen MR) is 50.2 cm³/mol. The molecule has 2 N–H and O–H groups in total. The molecule has 0 aromatic heterocycles. The number of alkyl halides is 3. The average Bonchev–Trinajstić information content (AvgIpc) is 2.13. The van der Waals surface area contributed by atoms with Gasteiger partial charge in [-0.15, -0.1) is 0 Å². The van der Waals surface area contributed by atoms with Gasteiger partial charge in [-0.1, -0.05) is 6.42 Å². The van der Waals surface area contributed by atoms with Crippen molar-refractivity contribution in [3.8, 4) is 0 Å². The minimum Gasteiger partial charge on any atom is -0.481 e. The van der Waals surface area contributed by atoms with Crippen LogP contribution in [0.2, 0.25) is 0 Å². The Kier molecular flexibility index (Phi) is 6.42. The molecule has 0 fully saturated rings. The summed E-state index contributed by atoms with van der Waals surface area (Å²) >= 11 is 0. The zero-order valence-electron chi connectivity index (χ0n) is 8.66. The second-order valence-electron chi connectivity index (χ2n) is 3.08. The highest BCUT2D eigenvalue weighted by molar-refractivity contribution is 7.87. The third-order valence-corrected chi connectivity index (χ3v) is 2.53. The molecule has 0 radical (unpaired) electrons. The first-order valence-electron chi connectivity index (χ1n) is 4.61. The molecule has 0 atom stereocenters. The highest BCUT2D eigenvalue weighted by Gasteiger charge is 2.47. The van der Waals surface area contributed by atoms with Gasteiger partial charge in [-0.05, 0) is 12.8 Å². The SMILES string of the molecule is O=C(O)CCCCCNOS(=O)(=O)C(F)(F)F. The lowest BCUT2D eigenvalue weighted by molar-refractivity contribution is -0.137. The third-order valence-electron chi connectivity index (χ3n) is 1.62. The van der Waals surface area contributed by atoms with E-state index in [1.807, 2.05) is 0 Å². The molecular formula is C7H12F3NO5S. The number of nitrogens with one attached hydrogen (secondary N) is 1. The van der Waals surface area contributed by atoms with E-state index in [2.05, 4.69) is 4.28 Å². The average molecular weight is 279 g/mol. The molecule has 10 heteroatoms. The van der Waals surface area contributed by atoms with Crippen LogP contribution in [0.1, 0.15) is 25.7 Å². The first-order valence-corrected chi connectivity index (χ1v) is 6.02. The van der Waals surface area contributed by atoms with E-state index in [1.165, 1.54) is 0 Å². The molecule has 0 heterocycles. The number of hydrogen-bond donors (Lipinski definition) is 2. The Labute approximate surface area is 95.8 Å². The van der Waals surface area contributed by atoms with Gasteiger partial charge < -0.3 is 5.11 Å². The number of rotatable bonds is 8. The minimum absolute atomic E-state index is 0.0400. The summed E-state index contributed by atoms with van der Waals surface area (Å²) in [7, 11) is -5.61. The van der Waals surface area contributed by atoms with Gasteiger partial charge >= 0.3 is 21.6 Å². The first-order chi connectivity index (χ1) is 7.67. The van der Waals surface area contributed by atoms with Gasteiger partial charge in [-0.25, -0.2) is 0 Å². The normalized spacial score (nSPS) is 12.6. The monoisotopic (exact) mass is 279 g/mol. The molecule has 0 saturated heterocycles. The van der Waals surface area contributed by atoms with E-state index < -0.39 is 21.6 Å². The van der Waals surface area contributed by atoms with Crippen LogP contribution >= 0.6 is 0 Å². The number of hydrogen-bond acceptors (Lipinski definition) is 5. The van der Waals surface area contributed by atoms with E-state index >= 15 is 0 Å². The van der Waals surface area contributed by atoms with Gasteiger partial charge in [-0.2, -0.15) is 31.4 Å². The molecule has 0 aromatic carbocycles. The van der Waals surface area contributed by atoms with Gasteiger partial charge in [0.25, 0.3) is 0 Å². The first kappa shape index (κ1) is 16.1. The van der Waals surface area contributed by atoms with Crippen molar-refractivity contribution in [3.63, 3.8) is 0 Å². The largest absolute Gasteiger partial charge is 0.524 e. The second-order valence-corrected chi connectivity index (χ2v) is 4.62. The highest BCUT2D eigenvalue weighted by atomic mass is 32.2. The molecule has 0 rings (SSSR count). The zero-order valence-corrected chi connectivity index (χ0v) is 9.47. The Bertz CT molecular complexity index is 340. The van der Waals surface area contributed by atoms with Crippen molar-refractivity contribution < 1.29 is 35.8 Å². The molecule has 0 aliphatic rings. The van der Waals surface area contributed by atoms with Crippen molar-refractivity contribution in [2.45, 2.75) is 31.2 Å². The van der Waals surface area contributed by atoms with E-state index in [9.17, 15) is 26.4 Å². The number of carboxylic acid groups (broad SMARTS) is 1. The molecular weight excluding hydrogens is 267 g/mol. The van der Waals surface area contributed by atoms with Crippen molar-refractivity contribution in [1.82, 2.24) is 5.48 Å². The standard InChI is InChI=1S/C7H12F3NO5S/c8-7(9,10)17(14,15)16-11-5-3-1-2-4-6(12)13/h11H,1-5H2,(H,12,13). The van der Waals surface area contributed by atoms with Gasteiger partial charge in [0.15, 0.2) is 0 Å². The quantitative estimate of drug-likeness (QED) is 0.391. The summed E-state index contributed by atoms with van der Waals surface area (Å²) in [4.78, 5) is 10.1. The molecule has 0 aliphatic carbocycles. The van der Waals surface area contributed by atoms with Crippen LogP contribution in [-0.4, -0.2) is 31.5 Å². The van der Waals surface area contributed by atoms with Gasteiger partial charge in [-0.3, -0.25) is 4.79 Å². The molecule has 102 valence electrons. The maximum absolute atomic E-state index is 11.7. The Morgan fingerprint density at radius 2 is 1.82 bits per heavy atom. The second kappa shape index (κ2) is 6.77. The summed E-state index contributed by atoms with van der Waals surface area (Å²) in [5.74, 6) is -0.964. The number of carbonyl (C=O) groups is 1. The van der Waals surface area contributed by atoms with Crippen molar-refractivity contribution in [3.05, 3.63) is 0 Å². The highest BCUT2D eigenvalue weighted by Crippen LogP contribution is 2.23. The van der Waals surface area contributed by atoms with Gasteiger partial charge in [0, 0.05) is 13.0 Å².